The van der Waals surface area contributed by atoms with Gasteiger partial charge in [0.25, 0.3) is 10.0 Å². The molecule has 0 aliphatic heterocycles. The van der Waals surface area contributed by atoms with Crippen molar-refractivity contribution < 1.29 is 8.42 Å². The summed E-state index contributed by atoms with van der Waals surface area (Å²) in [7, 11) is -1.98. The summed E-state index contributed by atoms with van der Waals surface area (Å²) in [6.07, 6.45) is 1.75. The Morgan fingerprint density at radius 1 is 1.53 bits per heavy atom. The highest BCUT2D eigenvalue weighted by atomic mass is 79.9. The predicted molar refractivity (Wildman–Crippen MR) is 58.8 cm³/mol. The normalized spacial score (nSPS) is 11.9. The third-order valence-electron chi connectivity index (χ3n) is 1.81. The van der Waals surface area contributed by atoms with E-state index in [4.69, 9.17) is 0 Å². The van der Waals surface area contributed by atoms with Crippen molar-refractivity contribution in [2.45, 2.75) is 24.8 Å². The van der Waals surface area contributed by atoms with E-state index in [-0.39, 0.29) is 9.63 Å². The number of hydrogen-bond donors (Lipinski definition) is 1. The molecular weight excluding hydrogens is 284 g/mol. The van der Waals surface area contributed by atoms with Gasteiger partial charge in [-0.1, -0.05) is 18.6 Å². The Bertz CT molecular complexity index is 409. The van der Waals surface area contributed by atoms with Gasteiger partial charge < -0.3 is 0 Å². The lowest BCUT2D eigenvalue weighted by Crippen LogP contribution is -2.27. The van der Waals surface area contributed by atoms with Crippen LogP contribution in [0.1, 0.15) is 19.8 Å². The van der Waals surface area contributed by atoms with Crippen LogP contribution in [0.2, 0.25) is 0 Å². The number of aryl methyl sites for hydroxylation is 1. The van der Waals surface area contributed by atoms with E-state index in [1.54, 1.807) is 0 Å². The molecule has 0 saturated heterocycles. The van der Waals surface area contributed by atoms with Crippen molar-refractivity contribution in [3.63, 3.8) is 0 Å². The van der Waals surface area contributed by atoms with Crippen molar-refractivity contribution in [1.82, 2.24) is 19.7 Å². The maximum absolute atomic E-state index is 11.8. The highest BCUT2D eigenvalue weighted by Crippen LogP contribution is 2.17. The molecule has 0 unspecified atom stereocenters. The first-order valence-electron chi connectivity index (χ1n) is 4.54. The summed E-state index contributed by atoms with van der Waals surface area (Å²) in [4.78, 5) is 0. The molecule has 0 radical (unpaired) electrons. The Labute approximate surface area is 97.2 Å². The number of unbranched alkanes of at least 4 members (excludes halogenated alkanes) is 1. The molecule has 0 spiro atoms. The van der Waals surface area contributed by atoms with Crippen molar-refractivity contribution in [3.8, 4) is 0 Å². The molecule has 0 aromatic carbocycles. The van der Waals surface area contributed by atoms with Crippen LogP contribution in [-0.2, 0) is 17.1 Å². The summed E-state index contributed by atoms with van der Waals surface area (Å²) in [5, 5.41) is 7.29. The van der Waals surface area contributed by atoms with Gasteiger partial charge in [0.2, 0.25) is 5.03 Å². The average Bonchev–Trinajstić information content (AvgIpc) is 2.46. The van der Waals surface area contributed by atoms with Crippen LogP contribution in [0.4, 0.5) is 0 Å². The molecule has 86 valence electrons. The van der Waals surface area contributed by atoms with Gasteiger partial charge in [0.15, 0.2) is 4.60 Å². The molecular formula is C7H13BrN4O2S. The lowest BCUT2D eigenvalue weighted by atomic mass is 10.3. The smallest absolute Gasteiger partial charge is 0.235 e. The molecule has 0 saturated carbocycles. The molecule has 8 heteroatoms. The maximum atomic E-state index is 11.8. The van der Waals surface area contributed by atoms with Crippen LogP contribution in [0, 0.1) is 0 Å². The van der Waals surface area contributed by atoms with Crippen molar-refractivity contribution in [2.24, 2.45) is 7.05 Å². The molecule has 0 amide bonds. The zero-order chi connectivity index (χ0) is 11.5. The van der Waals surface area contributed by atoms with Crippen molar-refractivity contribution in [3.05, 3.63) is 4.60 Å². The molecule has 0 bridgehead atoms. The number of aromatic nitrogens is 3. The minimum atomic E-state index is -3.51. The quantitative estimate of drug-likeness (QED) is 0.810. The van der Waals surface area contributed by atoms with Gasteiger partial charge in [-0.15, -0.1) is 5.10 Å². The second-order valence-electron chi connectivity index (χ2n) is 3.06. The molecule has 0 fully saturated rings. The minimum absolute atomic E-state index is 0.0543. The number of nitrogens with one attached hydrogen (secondary N) is 1. The van der Waals surface area contributed by atoms with Gasteiger partial charge in [-0.05, 0) is 22.4 Å². The van der Waals surface area contributed by atoms with E-state index in [2.05, 4.69) is 31.0 Å². The summed E-state index contributed by atoms with van der Waals surface area (Å²) in [6, 6.07) is 0. The first-order chi connectivity index (χ1) is 6.99. The van der Waals surface area contributed by atoms with Crippen molar-refractivity contribution >= 4 is 26.0 Å². The van der Waals surface area contributed by atoms with Gasteiger partial charge in [0.1, 0.15) is 0 Å². The van der Waals surface area contributed by atoms with Gasteiger partial charge in [0, 0.05) is 13.6 Å². The van der Waals surface area contributed by atoms with E-state index in [0.717, 1.165) is 12.8 Å². The summed E-state index contributed by atoms with van der Waals surface area (Å²) >= 11 is 3.05. The number of rotatable bonds is 5. The lowest BCUT2D eigenvalue weighted by molar-refractivity contribution is 0.558. The second-order valence-corrected chi connectivity index (χ2v) is 5.49. The van der Waals surface area contributed by atoms with Crippen LogP contribution >= 0.6 is 15.9 Å². The van der Waals surface area contributed by atoms with E-state index < -0.39 is 10.0 Å². The Morgan fingerprint density at radius 3 is 2.67 bits per heavy atom. The Kier molecular flexibility index (Phi) is 4.23. The summed E-state index contributed by atoms with van der Waals surface area (Å²) in [5.74, 6) is 0. The molecule has 1 heterocycles. The zero-order valence-corrected chi connectivity index (χ0v) is 11.0. The van der Waals surface area contributed by atoms with Crippen molar-refractivity contribution in [2.75, 3.05) is 6.54 Å². The first kappa shape index (κ1) is 12.6. The predicted octanol–water partition coefficient (Wildman–Crippen LogP) is 0.656. The van der Waals surface area contributed by atoms with Crippen LogP contribution in [0.25, 0.3) is 0 Å². The Morgan fingerprint density at radius 2 is 2.20 bits per heavy atom. The van der Waals surface area contributed by atoms with Gasteiger partial charge in [-0.2, -0.15) is 0 Å². The molecule has 15 heavy (non-hydrogen) atoms. The van der Waals surface area contributed by atoms with Gasteiger partial charge in [-0.3, -0.25) is 0 Å². The fraction of sp³-hybridized carbons (Fsp3) is 0.714. The van der Waals surface area contributed by atoms with E-state index in [1.807, 2.05) is 6.92 Å². The molecule has 1 aromatic rings. The standard InChI is InChI=1S/C7H13BrN4O2S/c1-3-4-5-9-15(13,14)7-6(8)10-11-12(7)2/h9H,3-5H2,1-2H3. The van der Waals surface area contributed by atoms with Crippen LogP contribution in [0.5, 0.6) is 0 Å². The Balaban J connectivity index is 2.87. The summed E-state index contributed by atoms with van der Waals surface area (Å²) in [6.45, 7) is 2.42. The second kappa shape index (κ2) is 5.04. The molecule has 6 nitrogen and oxygen atoms in total. The number of nitrogens with zero attached hydrogens (tertiary/aromatic N) is 3. The molecule has 1 aromatic heterocycles. The first-order valence-corrected chi connectivity index (χ1v) is 6.81. The fourth-order valence-corrected chi connectivity index (χ4v) is 3.22. The average molecular weight is 297 g/mol. The topological polar surface area (TPSA) is 76.9 Å². The van der Waals surface area contributed by atoms with Crippen molar-refractivity contribution in [1.29, 1.82) is 0 Å². The SMILES string of the molecule is CCCCNS(=O)(=O)c1c(Br)nnn1C. The third kappa shape index (κ3) is 2.99. The van der Waals surface area contributed by atoms with Gasteiger partial charge in [0.05, 0.1) is 0 Å². The van der Waals surface area contributed by atoms with E-state index >= 15 is 0 Å². The maximum Gasteiger partial charge on any atom is 0.260 e. The Hall–Kier alpha value is -0.470. The summed E-state index contributed by atoms with van der Waals surface area (Å²) < 4.78 is 27.5. The van der Waals surface area contributed by atoms with Crippen LogP contribution in [-0.4, -0.2) is 30.0 Å². The third-order valence-corrected chi connectivity index (χ3v) is 4.16. The minimum Gasteiger partial charge on any atom is -0.235 e. The number of hydrogen-bond acceptors (Lipinski definition) is 4. The highest BCUT2D eigenvalue weighted by Gasteiger charge is 2.22. The molecule has 0 atom stereocenters. The molecule has 0 aliphatic rings. The monoisotopic (exact) mass is 296 g/mol. The molecule has 1 N–H and O–H groups in total. The fourth-order valence-electron chi connectivity index (χ4n) is 1.06. The number of sulfonamides is 1. The van der Waals surface area contributed by atoms with Gasteiger partial charge >= 0.3 is 0 Å². The number of halogens is 1. The highest BCUT2D eigenvalue weighted by molar-refractivity contribution is 9.10. The van der Waals surface area contributed by atoms with Crippen LogP contribution in [0.3, 0.4) is 0 Å². The zero-order valence-electron chi connectivity index (χ0n) is 8.57. The van der Waals surface area contributed by atoms with Crippen LogP contribution < -0.4 is 4.72 Å². The largest absolute Gasteiger partial charge is 0.260 e. The summed E-state index contributed by atoms with van der Waals surface area (Å²) in [5.41, 5.74) is 0. The molecule has 0 aliphatic carbocycles. The lowest BCUT2D eigenvalue weighted by Gasteiger charge is -2.05. The van der Waals surface area contributed by atoms with Crippen LogP contribution in [0.15, 0.2) is 9.63 Å². The molecule has 1 rings (SSSR count). The van der Waals surface area contributed by atoms with E-state index in [0.29, 0.717) is 6.54 Å². The van der Waals surface area contributed by atoms with Gasteiger partial charge in [-0.25, -0.2) is 17.8 Å². The van der Waals surface area contributed by atoms with E-state index in [1.165, 1.54) is 11.7 Å². The van der Waals surface area contributed by atoms with E-state index in [9.17, 15) is 8.42 Å².